The summed E-state index contributed by atoms with van der Waals surface area (Å²) in [7, 11) is 1.63. The highest BCUT2D eigenvalue weighted by Gasteiger charge is 2.04. The zero-order valence-electron chi connectivity index (χ0n) is 10.0. The van der Waals surface area contributed by atoms with Gasteiger partial charge in [0.05, 0.1) is 7.11 Å². The molecule has 0 saturated carbocycles. The molecule has 0 aliphatic heterocycles. The van der Waals surface area contributed by atoms with Gasteiger partial charge < -0.3 is 10.5 Å². The molecule has 0 radical (unpaired) electrons. The number of halogens is 1. The van der Waals surface area contributed by atoms with Crippen LogP contribution in [0.3, 0.4) is 0 Å². The maximum atomic E-state index is 6.11. The highest BCUT2D eigenvalue weighted by atomic mass is 35.5. The molecule has 0 bridgehead atoms. The Morgan fingerprint density at radius 3 is 2.67 bits per heavy atom. The summed E-state index contributed by atoms with van der Waals surface area (Å²) in [4.78, 5) is 1.04. The Morgan fingerprint density at radius 2 is 2.00 bits per heavy atom. The Kier molecular flexibility index (Phi) is 4.39. The fraction of sp³-hybridized carbons (Fsp3) is 0.143. The Morgan fingerprint density at radius 1 is 1.22 bits per heavy atom. The Hall–Kier alpha value is -1.32. The number of ether oxygens (including phenoxy) is 1. The van der Waals surface area contributed by atoms with Crippen LogP contribution in [0.4, 0.5) is 5.69 Å². The number of thioether (sulfide) groups is 1. The monoisotopic (exact) mass is 279 g/mol. The maximum Gasteiger partial charge on any atom is 0.120 e. The van der Waals surface area contributed by atoms with Gasteiger partial charge in [0.2, 0.25) is 0 Å². The lowest BCUT2D eigenvalue weighted by Crippen LogP contribution is -1.91. The van der Waals surface area contributed by atoms with E-state index in [0.717, 1.165) is 32.7 Å². The van der Waals surface area contributed by atoms with Crippen molar-refractivity contribution in [3.63, 3.8) is 0 Å². The first-order chi connectivity index (χ1) is 8.70. The minimum Gasteiger partial charge on any atom is -0.497 e. The van der Waals surface area contributed by atoms with Crippen molar-refractivity contribution in [2.24, 2.45) is 0 Å². The lowest BCUT2D eigenvalue weighted by molar-refractivity contribution is 0.415. The Balaban J connectivity index is 2.09. The molecule has 0 aromatic heterocycles. The number of methoxy groups -OCH3 is 1. The van der Waals surface area contributed by atoms with E-state index in [-0.39, 0.29) is 0 Å². The largest absolute Gasteiger partial charge is 0.497 e. The van der Waals surface area contributed by atoms with Gasteiger partial charge in [-0.1, -0.05) is 29.8 Å². The molecule has 2 aromatic rings. The number of nitrogens with two attached hydrogens (primary N) is 1. The van der Waals surface area contributed by atoms with Gasteiger partial charge in [-0.25, -0.2) is 0 Å². The molecule has 0 saturated heterocycles. The lowest BCUT2D eigenvalue weighted by atomic mass is 10.2. The summed E-state index contributed by atoms with van der Waals surface area (Å²) in [6, 6.07) is 13.5. The van der Waals surface area contributed by atoms with Gasteiger partial charge in [-0.2, -0.15) is 0 Å². The zero-order valence-corrected chi connectivity index (χ0v) is 11.6. The van der Waals surface area contributed by atoms with Crippen LogP contribution in [0, 0.1) is 0 Å². The quantitative estimate of drug-likeness (QED) is 0.672. The molecule has 0 amide bonds. The second-order valence-corrected chi connectivity index (χ2v) is 5.21. The zero-order chi connectivity index (χ0) is 13.0. The van der Waals surface area contributed by atoms with Gasteiger partial charge in [-0.05, 0) is 23.8 Å². The van der Waals surface area contributed by atoms with E-state index >= 15 is 0 Å². The number of hydrogen-bond donors (Lipinski definition) is 1. The van der Waals surface area contributed by atoms with Gasteiger partial charge in [0.1, 0.15) is 5.75 Å². The highest BCUT2D eigenvalue weighted by Crippen LogP contribution is 2.32. The Bertz CT molecular complexity index is 545. The van der Waals surface area contributed by atoms with Crippen molar-refractivity contribution in [2.75, 3.05) is 12.8 Å². The van der Waals surface area contributed by atoms with Crippen molar-refractivity contribution < 1.29 is 4.74 Å². The summed E-state index contributed by atoms with van der Waals surface area (Å²) in [5.41, 5.74) is 7.80. The van der Waals surface area contributed by atoms with Crippen LogP contribution in [0.15, 0.2) is 47.4 Å². The average Bonchev–Trinajstić information content (AvgIpc) is 2.39. The highest BCUT2D eigenvalue weighted by molar-refractivity contribution is 7.98. The van der Waals surface area contributed by atoms with Crippen LogP contribution in [-0.4, -0.2) is 7.11 Å². The molecule has 0 unspecified atom stereocenters. The van der Waals surface area contributed by atoms with E-state index in [1.807, 2.05) is 42.5 Å². The van der Waals surface area contributed by atoms with E-state index in [1.54, 1.807) is 18.9 Å². The second-order valence-electron chi connectivity index (χ2n) is 3.78. The van der Waals surface area contributed by atoms with Crippen molar-refractivity contribution in [3.8, 4) is 5.75 Å². The fourth-order valence-electron chi connectivity index (χ4n) is 1.56. The number of rotatable bonds is 4. The minimum absolute atomic E-state index is 0.728. The van der Waals surface area contributed by atoms with Crippen molar-refractivity contribution in [1.29, 1.82) is 0 Å². The predicted octanol–water partition coefficient (Wildman–Crippen LogP) is 4.22. The third-order valence-corrected chi connectivity index (χ3v) is 4.06. The first kappa shape index (κ1) is 13.1. The van der Waals surface area contributed by atoms with E-state index in [1.165, 1.54) is 0 Å². The van der Waals surface area contributed by atoms with Gasteiger partial charge in [0, 0.05) is 27.4 Å². The summed E-state index contributed by atoms with van der Waals surface area (Å²) in [6.07, 6.45) is 0. The van der Waals surface area contributed by atoms with E-state index in [9.17, 15) is 0 Å². The fourth-order valence-corrected chi connectivity index (χ4v) is 2.79. The third kappa shape index (κ3) is 3.12. The Labute approximate surface area is 116 Å². The molecule has 2 rings (SSSR count). The molecule has 18 heavy (non-hydrogen) atoms. The normalized spacial score (nSPS) is 10.3. The maximum absolute atomic E-state index is 6.11. The van der Waals surface area contributed by atoms with Gasteiger partial charge in [0.15, 0.2) is 0 Å². The first-order valence-electron chi connectivity index (χ1n) is 5.50. The summed E-state index contributed by atoms with van der Waals surface area (Å²) < 4.78 is 5.12. The molecule has 0 fully saturated rings. The van der Waals surface area contributed by atoms with Crippen LogP contribution in [0.2, 0.25) is 5.02 Å². The first-order valence-corrected chi connectivity index (χ1v) is 6.87. The van der Waals surface area contributed by atoms with Crippen LogP contribution >= 0.6 is 23.4 Å². The number of hydrogen-bond acceptors (Lipinski definition) is 3. The predicted molar refractivity (Wildman–Crippen MR) is 78.4 cm³/mol. The van der Waals surface area contributed by atoms with Crippen molar-refractivity contribution in [1.82, 2.24) is 0 Å². The van der Waals surface area contributed by atoms with Crippen LogP contribution in [0.25, 0.3) is 0 Å². The topological polar surface area (TPSA) is 35.2 Å². The molecule has 4 heteroatoms. The number of benzene rings is 2. The number of anilines is 1. The summed E-state index contributed by atoms with van der Waals surface area (Å²) in [5, 5.41) is 0.789. The molecule has 94 valence electrons. The molecular formula is C14H14ClNOS. The minimum atomic E-state index is 0.728. The molecule has 0 aliphatic rings. The molecule has 0 heterocycles. The molecule has 0 aliphatic carbocycles. The van der Waals surface area contributed by atoms with Crippen LogP contribution in [0.1, 0.15) is 5.56 Å². The van der Waals surface area contributed by atoms with Gasteiger partial charge >= 0.3 is 0 Å². The lowest BCUT2D eigenvalue weighted by Gasteiger charge is -2.08. The van der Waals surface area contributed by atoms with Crippen molar-refractivity contribution in [3.05, 3.63) is 53.1 Å². The van der Waals surface area contributed by atoms with Crippen molar-refractivity contribution in [2.45, 2.75) is 10.6 Å². The van der Waals surface area contributed by atoms with Crippen LogP contribution in [-0.2, 0) is 5.75 Å². The smallest absolute Gasteiger partial charge is 0.120 e. The summed E-state index contributed by atoms with van der Waals surface area (Å²) >= 11 is 7.78. The summed E-state index contributed by atoms with van der Waals surface area (Å²) in [6.45, 7) is 0. The molecule has 2 nitrogen and oxygen atoms in total. The van der Waals surface area contributed by atoms with Crippen LogP contribution < -0.4 is 10.5 Å². The van der Waals surface area contributed by atoms with Gasteiger partial charge in [-0.3, -0.25) is 0 Å². The third-order valence-electron chi connectivity index (χ3n) is 2.56. The molecule has 0 spiro atoms. The van der Waals surface area contributed by atoms with E-state index < -0.39 is 0 Å². The second kappa shape index (κ2) is 6.03. The standard InChI is InChI=1S/C14H14ClNOS/c1-17-11-6-7-14(13(16)8-11)18-9-10-4-2-3-5-12(10)15/h2-8H,9,16H2,1H3. The van der Waals surface area contributed by atoms with E-state index in [0.29, 0.717) is 0 Å². The SMILES string of the molecule is COc1ccc(SCc2ccccc2Cl)c(N)c1. The van der Waals surface area contributed by atoms with Gasteiger partial charge in [-0.15, -0.1) is 11.8 Å². The van der Waals surface area contributed by atoms with E-state index in [4.69, 9.17) is 22.1 Å². The van der Waals surface area contributed by atoms with Crippen molar-refractivity contribution >= 4 is 29.1 Å². The molecule has 2 aromatic carbocycles. The summed E-state index contributed by atoms with van der Waals surface area (Å²) in [5.74, 6) is 1.57. The molecule has 2 N–H and O–H groups in total. The number of nitrogen functional groups attached to an aromatic ring is 1. The van der Waals surface area contributed by atoms with Gasteiger partial charge in [0.25, 0.3) is 0 Å². The molecular weight excluding hydrogens is 266 g/mol. The van der Waals surface area contributed by atoms with Crippen LogP contribution in [0.5, 0.6) is 5.75 Å². The van der Waals surface area contributed by atoms with E-state index in [2.05, 4.69) is 0 Å². The molecule has 0 atom stereocenters. The average molecular weight is 280 g/mol.